The zero-order valence-corrected chi connectivity index (χ0v) is 16.6. The molecule has 0 fully saturated rings. The van der Waals surface area contributed by atoms with Gasteiger partial charge in [-0.05, 0) is 24.6 Å². The number of likely N-dealkylation sites (N-methyl/N-ethyl adjacent to an activating group) is 1. The number of ether oxygens (including phenoxy) is 1. The Bertz CT molecular complexity index is 958. The summed E-state index contributed by atoms with van der Waals surface area (Å²) in [6.45, 7) is 2.79. The Morgan fingerprint density at radius 3 is 2.76 bits per heavy atom. The molecule has 0 aliphatic heterocycles. The first-order chi connectivity index (χ1) is 14.0. The maximum absolute atomic E-state index is 12.1. The predicted octanol–water partition coefficient (Wildman–Crippen LogP) is 2.49. The van der Waals surface area contributed by atoms with Crippen LogP contribution in [0.5, 0.6) is 5.75 Å². The predicted molar refractivity (Wildman–Crippen MR) is 111 cm³/mol. The van der Waals surface area contributed by atoms with Gasteiger partial charge in [0, 0.05) is 25.0 Å². The number of nitrogens with zero attached hydrogens (tertiary/aromatic N) is 3. The van der Waals surface area contributed by atoms with Crippen molar-refractivity contribution in [3.05, 3.63) is 54.2 Å². The van der Waals surface area contributed by atoms with Crippen LogP contribution in [0.1, 0.15) is 12.5 Å². The topological polar surface area (TPSA) is 99.9 Å². The Morgan fingerprint density at radius 1 is 1.28 bits per heavy atom. The minimum Gasteiger partial charge on any atom is -0.506 e. The van der Waals surface area contributed by atoms with Crippen molar-refractivity contribution in [3.63, 3.8) is 0 Å². The molecule has 1 atom stereocenters. The number of rotatable bonds is 8. The smallest absolute Gasteiger partial charge is 0.407 e. The van der Waals surface area contributed by atoms with Crippen LogP contribution >= 0.6 is 0 Å². The largest absolute Gasteiger partial charge is 0.506 e. The molecule has 29 heavy (non-hydrogen) atoms. The summed E-state index contributed by atoms with van der Waals surface area (Å²) in [5.41, 5.74) is 2.25. The van der Waals surface area contributed by atoms with Gasteiger partial charge in [0.15, 0.2) is 0 Å². The maximum Gasteiger partial charge on any atom is 0.407 e. The third-order valence-corrected chi connectivity index (χ3v) is 4.60. The van der Waals surface area contributed by atoms with Crippen molar-refractivity contribution < 1.29 is 19.7 Å². The number of carbonyl (C=O) groups is 1. The molecule has 1 aromatic heterocycles. The fourth-order valence-electron chi connectivity index (χ4n) is 3.20. The van der Waals surface area contributed by atoms with E-state index < -0.39 is 6.09 Å². The van der Waals surface area contributed by atoms with Gasteiger partial charge in [-0.3, -0.25) is 4.68 Å². The molecule has 0 spiro atoms. The maximum atomic E-state index is 12.1. The van der Waals surface area contributed by atoms with Gasteiger partial charge in [-0.25, -0.2) is 4.79 Å². The van der Waals surface area contributed by atoms with E-state index in [2.05, 4.69) is 10.4 Å². The number of benzene rings is 2. The number of aromatic hydroxyl groups is 1. The van der Waals surface area contributed by atoms with E-state index in [0.717, 1.165) is 16.5 Å². The molecule has 3 N–H and O–H groups in total. The Morgan fingerprint density at radius 2 is 2.03 bits per heavy atom. The van der Waals surface area contributed by atoms with Crippen LogP contribution in [-0.2, 0) is 17.9 Å². The first kappa shape index (κ1) is 20.5. The zero-order chi connectivity index (χ0) is 20.8. The van der Waals surface area contributed by atoms with E-state index in [-0.39, 0.29) is 25.0 Å². The first-order valence-electron chi connectivity index (χ1n) is 9.46. The monoisotopic (exact) mass is 398 g/mol. The number of hydrogen-bond acceptors (Lipinski definition) is 6. The van der Waals surface area contributed by atoms with E-state index in [1.165, 1.54) is 0 Å². The molecule has 154 valence electrons. The van der Waals surface area contributed by atoms with Gasteiger partial charge < -0.3 is 25.2 Å². The summed E-state index contributed by atoms with van der Waals surface area (Å²) >= 11 is 0. The van der Waals surface area contributed by atoms with Crippen LogP contribution in [0, 0.1) is 0 Å². The average Bonchev–Trinajstić information content (AvgIpc) is 3.09. The van der Waals surface area contributed by atoms with Crippen LogP contribution in [0.25, 0.3) is 10.9 Å². The molecule has 0 radical (unpaired) electrons. The molecule has 1 amide bonds. The van der Waals surface area contributed by atoms with Crippen molar-refractivity contribution in [3.8, 4) is 5.75 Å². The Hall–Kier alpha value is -3.26. The second-order valence-electron chi connectivity index (χ2n) is 6.95. The van der Waals surface area contributed by atoms with E-state index in [9.17, 15) is 15.0 Å². The second kappa shape index (κ2) is 9.29. The molecule has 0 bridgehead atoms. The van der Waals surface area contributed by atoms with E-state index >= 15 is 0 Å². The second-order valence-corrected chi connectivity index (χ2v) is 6.95. The first-order valence-corrected chi connectivity index (χ1v) is 9.46. The number of phenolic OH excluding ortho intramolecular Hbond substituents is 1. The highest BCUT2D eigenvalue weighted by molar-refractivity contribution is 5.94. The number of nitrogens with one attached hydrogen (secondary N) is 1. The van der Waals surface area contributed by atoms with Gasteiger partial charge in [0.05, 0.1) is 24.9 Å². The lowest BCUT2D eigenvalue weighted by atomic mass is 10.2. The molecule has 0 aliphatic carbocycles. The number of fused-ring (bicyclic) bond motifs is 1. The van der Waals surface area contributed by atoms with Crippen molar-refractivity contribution in [2.75, 3.05) is 25.1 Å². The molecule has 0 saturated heterocycles. The fourth-order valence-corrected chi connectivity index (χ4v) is 3.20. The quantitative estimate of drug-likeness (QED) is 0.539. The molecular weight excluding hydrogens is 372 g/mol. The normalized spacial score (nSPS) is 12.0. The lowest BCUT2D eigenvalue weighted by Gasteiger charge is -2.22. The lowest BCUT2D eigenvalue weighted by Crippen LogP contribution is -2.36. The fraction of sp³-hybridized carbons (Fsp3) is 0.333. The summed E-state index contributed by atoms with van der Waals surface area (Å²) in [6.07, 6.45) is 1.21. The number of aliphatic hydroxyl groups is 1. The third kappa shape index (κ3) is 4.97. The van der Waals surface area contributed by atoms with Gasteiger partial charge in [-0.2, -0.15) is 5.10 Å². The van der Waals surface area contributed by atoms with E-state index in [1.54, 1.807) is 35.0 Å². The van der Waals surface area contributed by atoms with E-state index in [4.69, 9.17) is 4.74 Å². The van der Waals surface area contributed by atoms with Gasteiger partial charge >= 0.3 is 6.09 Å². The number of alkyl carbamates (subject to hydrolysis) is 1. The number of phenols is 1. The van der Waals surface area contributed by atoms with E-state index in [0.29, 0.717) is 18.8 Å². The van der Waals surface area contributed by atoms with Gasteiger partial charge in [0.1, 0.15) is 18.0 Å². The number of aliphatic hydroxyl groups excluding tert-OH is 1. The molecule has 1 heterocycles. The van der Waals surface area contributed by atoms with Crippen molar-refractivity contribution in [1.29, 1.82) is 0 Å². The van der Waals surface area contributed by atoms with Crippen LogP contribution in [0.3, 0.4) is 0 Å². The minimum absolute atomic E-state index is 0.0360. The molecular formula is C21H26N4O4. The molecule has 3 rings (SSSR count). The van der Waals surface area contributed by atoms with Crippen molar-refractivity contribution in [2.45, 2.75) is 26.1 Å². The number of aromatic nitrogens is 2. The summed E-state index contributed by atoms with van der Waals surface area (Å²) in [5, 5.41) is 27.7. The molecule has 8 nitrogen and oxygen atoms in total. The molecule has 0 unspecified atom stereocenters. The van der Waals surface area contributed by atoms with Crippen LogP contribution in [0.2, 0.25) is 0 Å². The Kier molecular flexibility index (Phi) is 6.56. The SMILES string of the molecule is C[C@@H](Cn1ncc2ccc(O)c(N(C)CCO)c21)NC(=O)OCc1ccccc1. The summed E-state index contributed by atoms with van der Waals surface area (Å²) in [5.74, 6) is 0.109. The number of hydrogen-bond donors (Lipinski definition) is 3. The highest BCUT2D eigenvalue weighted by Gasteiger charge is 2.18. The summed E-state index contributed by atoms with van der Waals surface area (Å²) < 4.78 is 7.00. The highest BCUT2D eigenvalue weighted by atomic mass is 16.5. The summed E-state index contributed by atoms with van der Waals surface area (Å²) in [6, 6.07) is 12.6. The number of carbonyl (C=O) groups excluding carboxylic acids is 1. The van der Waals surface area contributed by atoms with E-state index in [1.807, 2.05) is 37.3 Å². The molecule has 0 aliphatic rings. The zero-order valence-electron chi connectivity index (χ0n) is 16.6. The molecule has 0 saturated carbocycles. The van der Waals surface area contributed by atoms with Crippen molar-refractivity contribution in [2.24, 2.45) is 0 Å². The molecule has 8 heteroatoms. The van der Waals surface area contributed by atoms with Gasteiger partial charge in [0.2, 0.25) is 0 Å². The number of amides is 1. The Labute approximate surface area is 169 Å². The van der Waals surface area contributed by atoms with Crippen LogP contribution < -0.4 is 10.2 Å². The third-order valence-electron chi connectivity index (χ3n) is 4.60. The van der Waals surface area contributed by atoms with Crippen LogP contribution in [0.15, 0.2) is 48.7 Å². The highest BCUT2D eigenvalue weighted by Crippen LogP contribution is 2.34. The minimum atomic E-state index is -0.502. The van der Waals surface area contributed by atoms with Crippen molar-refractivity contribution in [1.82, 2.24) is 15.1 Å². The number of anilines is 1. The average molecular weight is 398 g/mol. The van der Waals surface area contributed by atoms with Gasteiger partial charge in [-0.15, -0.1) is 0 Å². The standard InChI is InChI=1S/C21H26N4O4/c1-15(23-21(28)29-14-16-6-4-3-5-7-16)13-25-19-17(12-22-25)8-9-18(27)20(19)24(2)10-11-26/h3-9,12,15,26-27H,10-11,13-14H2,1-2H3,(H,23,28)/t15-/m0/s1. The summed E-state index contributed by atoms with van der Waals surface area (Å²) in [4.78, 5) is 13.9. The summed E-state index contributed by atoms with van der Waals surface area (Å²) in [7, 11) is 1.80. The van der Waals surface area contributed by atoms with Crippen LogP contribution in [0.4, 0.5) is 10.5 Å². The Balaban J connectivity index is 1.69. The van der Waals surface area contributed by atoms with Gasteiger partial charge in [0.25, 0.3) is 0 Å². The molecule has 2 aromatic carbocycles. The van der Waals surface area contributed by atoms with Crippen molar-refractivity contribution >= 4 is 22.7 Å². The van der Waals surface area contributed by atoms with Crippen LogP contribution in [-0.4, -0.2) is 52.3 Å². The van der Waals surface area contributed by atoms with Gasteiger partial charge in [-0.1, -0.05) is 30.3 Å². The lowest BCUT2D eigenvalue weighted by molar-refractivity contribution is 0.135. The molecule has 3 aromatic rings.